The first-order valence-electron chi connectivity index (χ1n) is 7.43. The lowest BCUT2D eigenvalue weighted by molar-refractivity contribution is 0.108. The Morgan fingerprint density at radius 2 is 2.21 bits per heavy atom. The van der Waals surface area contributed by atoms with Gasteiger partial charge in [-0.1, -0.05) is 13.3 Å². The number of nitrogens with two attached hydrogens (primary N) is 1. The predicted molar refractivity (Wildman–Crippen MR) is 74.4 cm³/mol. The van der Waals surface area contributed by atoms with Crippen molar-refractivity contribution in [3.63, 3.8) is 0 Å². The number of hydrogen-bond donors (Lipinski definition) is 1. The number of hydrogen-bond acceptors (Lipinski definition) is 5. The minimum atomic E-state index is 0.596. The van der Waals surface area contributed by atoms with Crippen molar-refractivity contribution in [2.75, 3.05) is 13.1 Å². The maximum Gasteiger partial charge on any atom is 0.165 e. The molecule has 0 spiro atoms. The third kappa shape index (κ3) is 3.73. The zero-order valence-electron chi connectivity index (χ0n) is 12.1. The molecule has 0 radical (unpaired) electrons. The first kappa shape index (κ1) is 14.4. The molecule has 2 N–H and O–H groups in total. The largest absolute Gasteiger partial charge is 0.330 e. The fourth-order valence-corrected chi connectivity index (χ4v) is 2.67. The summed E-state index contributed by atoms with van der Waals surface area (Å²) in [5, 5.41) is 12.1. The smallest absolute Gasteiger partial charge is 0.165 e. The zero-order chi connectivity index (χ0) is 13.7. The second-order valence-electron chi connectivity index (χ2n) is 5.63. The number of likely N-dealkylation sites (tertiary alicyclic amines) is 1. The van der Waals surface area contributed by atoms with Gasteiger partial charge >= 0.3 is 0 Å². The van der Waals surface area contributed by atoms with Gasteiger partial charge in [0.2, 0.25) is 0 Å². The summed E-state index contributed by atoms with van der Waals surface area (Å²) < 4.78 is 1.95. The lowest BCUT2D eigenvalue weighted by Gasteiger charge is -2.37. The summed E-state index contributed by atoms with van der Waals surface area (Å²) in [6, 6.07) is 0.596. The Labute approximate surface area is 115 Å². The summed E-state index contributed by atoms with van der Waals surface area (Å²) in [6.45, 7) is 8.08. The van der Waals surface area contributed by atoms with E-state index in [4.69, 9.17) is 5.73 Å². The van der Waals surface area contributed by atoms with Crippen LogP contribution in [0.25, 0.3) is 0 Å². The number of aromatic nitrogens is 4. The van der Waals surface area contributed by atoms with E-state index in [9.17, 15) is 0 Å². The van der Waals surface area contributed by atoms with Crippen molar-refractivity contribution in [1.82, 2.24) is 25.1 Å². The summed E-state index contributed by atoms with van der Waals surface area (Å²) >= 11 is 0. The Kier molecular flexibility index (Phi) is 5.27. The van der Waals surface area contributed by atoms with Gasteiger partial charge in [-0.3, -0.25) is 4.90 Å². The number of piperidine rings is 1. The number of nitrogens with zero attached hydrogens (tertiary/aromatic N) is 5. The van der Waals surface area contributed by atoms with Crippen LogP contribution in [0.5, 0.6) is 0 Å². The second-order valence-corrected chi connectivity index (χ2v) is 5.63. The molecule has 1 fully saturated rings. The Hall–Kier alpha value is -1.01. The van der Waals surface area contributed by atoms with Crippen molar-refractivity contribution >= 4 is 0 Å². The molecular formula is C13H26N6. The van der Waals surface area contributed by atoms with Crippen molar-refractivity contribution in [2.45, 2.75) is 58.7 Å². The van der Waals surface area contributed by atoms with Gasteiger partial charge in [0.05, 0.1) is 6.54 Å². The topological polar surface area (TPSA) is 72.9 Å². The van der Waals surface area contributed by atoms with Crippen molar-refractivity contribution in [3.05, 3.63) is 5.82 Å². The predicted octanol–water partition coefficient (Wildman–Crippen LogP) is 1.03. The molecule has 6 nitrogen and oxygen atoms in total. The summed E-state index contributed by atoms with van der Waals surface area (Å²) in [7, 11) is 0. The van der Waals surface area contributed by atoms with E-state index < -0.39 is 0 Å². The van der Waals surface area contributed by atoms with Gasteiger partial charge in [-0.15, -0.1) is 5.10 Å². The van der Waals surface area contributed by atoms with Gasteiger partial charge in [-0.25, -0.2) is 4.68 Å². The minimum Gasteiger partial charge on any atom is -0.330 e. The average Bonchev–Trinajstić information content (AvgIpc) is 2.86. The van der Waals surface area contributed by atoms with Gasteiger partial charge in [0, 0.05) is 19.1 Å². The molecular weight excluding hydrogens is 240 g/mol. The third-order valence-electron chi connectivity index (χ3n) is 4.12. The van der Waals surface area contributed by atoms with Crippen LogP contribution in [0.3, 0.4) is 0 Å². The van der Waals surface area contributed by atoms with Crippen LogP contribution < -0.4 is 5.73 Å². The molecule has 6 heteroatoms. The third-order valence-corrected chi connectivity index (χ3v) is 4.12. The molecule has 0 amide bonds. The zero-order valence-corrected chi connectivity index (χ0v) is 12.1. The fourth-order valence-electron chi connectivity index (χ4n) is 2.67. The van der Waals surface area contributed by atoms with E-state index in [1.54, 1.807) is 0 Å². The minimum absolute atomic E-state index is 0.596. The quantitative estimate of drug-likeness (QED) is 0.832. The molecule has 1 aliphatic rings. The Morgan fingerprint density at radius 1 is 1.37 bits per heavy atom. The van der Waals surface area contributed by atoms with Crippen LogP contribution in [0, 0.1) is 5.92 Å². The normalized spacial score (nSPS) is 24.8. The molecule has 0 aliphatic carbocycles. The van der Waals surface area contributed by atoms with E-state index in [2.05, 4.69) is 34.3 Å². The fraction of sp³-hybridized carbons (Fsp3) is 0.923. The van der Waals surface area contributed by atoms with Crippen LogP contribution in [0.2, 0.25) is 0 Å². The number of aryl methyl sites for hydroxylation is 1. The maximum absolute atomic E-state index is 5.81. The Bertz CT molecular complexity index is 377. The van der Waals surface area contributed by atoms with E-state index in [1.165, 1.54) is 12.8 Å². The molecule has 1 saturated heterocycles. The van der Waals surface area contributed by atoms with Crippen LogP contribution in [0.15, 0.2) is 0 Å². The molecule has 2 atom stereocenters. The summed E-state index contributed by atoms with van der Waals surface area (Å²) in [5.41, 5.74) is 5.81. The first-order chi connectivity index (χ1) is 9.24. The van der Waals surface area contributed by atoms with Crippen LogP contribution in [0.4, 0.5) is 0 Å². The SMILES string of the molecule is CCCCn1nnnc1CN1CC(CN)CCC1C. The van der Waals surface area contributed by atoms with E-state index in [0.29, 0.717) is 12.0 Å². The molecule has 1 aliphatic heterocycles. The highest BCUT2D eigenvalue weighted by molar-refractivity contribution is 4.86. The van der Waals surface area contributed by atoms with E-state index in [0.717, 1.165) is 44.8 Å². The lowest BCUT2D eigenvalue weighted by Crippen LogP contribution is -2.43. The van der Waals surface area contributed by atoms with Gasteiger partial charge < -0.3 is 5.73 Å². The monoisotopic (exact) mass is 266 g/mol. The number of unbranched alkanes of at least 4 members (excludes halogenated alkanes) is 1. The molecule has 2 heterocycles. The first-order valence-corrected chi connectivity index (χ1v) is 7.43. The highest BCUT2D eigenvalue weighted by Gasteiger charge is 2.25. The molecule has 19 heavy (non-hydrogen) atoms. The van der Waals surface area contributed by atoms with Crippen molar-refractivity contribution in [2.24, 2.45) is 11.7 Å². The van der Waals surface area contributed by atoms with E-state index in [-0.39, 0.29) is 0 Å². The van der Waals surface area contributed by atoms with Crippen LogP contribution >= 0.6 is 0 Å². The van der Waals surface area contributed by atoms with Crippen LogP contribution in [-0.4, -0.2) is 44.2 Å². The molecule has 0 bridgehead atoms. The molecule has 2 rings (SSSR count). The maximum atomic E-state index is 5.81. The number of rotatable bonds is 6. The van der Waals surface area contributed by atoms with E-state index >= 15 is 0 Å². The van der Waals surface area contributed by atoms with Gasteiger partial charge in [-0.05, 0) is 49.1 Å². The highest BCUT2D eigenvalue weighted by Crippen LogP contribution is 2.22. The average molecular weight is 266 g/mol. The molecule has 0 saturated carbocycles. The van der Waals surface area contributed by atoms with Crippen LogP contribution in [-0.2, 0) is 13.1 Å². The van der Waals surface area contributed by atoms with Crippen molar-refractivity contribution in [3.8, 4) is 0 Å². The molecule has 108 valence electrons. The van der Waals surface area contributed by atoms with Crippen LogP contribution in [0.1, 0.15) is 45.4 Å². The molecule has 0 aromatic carbocycles. The van der Waals surface area contributed by atoms with Gasteiger partial charge in [-0.2, -0.15) is 0 Å². The van der Waals surface area contributed by atoms with Gasteiger partial charge in [0.1, 0.15) is 0 Å². The van der Waals surface area contributed by atoms with Gasteiger partial charge in [0.25, 0.3) is 0 Å². The standard InChI is InChI=1S/C13H26N6/c1-3-4-7-19-13(15-16-17-19)10-18-9-12(8-14)6-5-11(18)2/h11-12H,3-10,14H2,1-2H3. The van der Waals surface area contributed by atoms with E-state index in [1.807, 2.05) is 4.68 Å². The van der Waals surface area contributed by atoms with Gasteiger partial charge in [0.15, 0.2) is 5.82 Å². The Morgan fingerprint density at radius 3 is 2.95 bits per heavy atom. The van der Waals surface area contributed by atoms with Crippen molar-refractivity contribution < 1.29 is 0 Å². The number of tetrazole rings is 1. The molecule has 1 aromatic heterocycles. The Balaban J connectivity index is 1.97. The highest BCUT2D eigenvalue weighted by atomic mass is 15.5. The summed E-state index contributed by atoms with van der Waals surface area (Å²) in [5.74, 6) is 1.61. The molecule has 2 unspecified atom stereocenters. The second kappa shape index (κ2) is 6.96. The summed E-state index contributed by atoms with van der Waals surface area (Å²) in [4.78, 5) is 2.47. The lowest BCUT2D eigenvalue weighted by atomic mass is 9.93. The molecule has 1 aromatic rings. The summed E-state index contributed by atoms with van der Waals surface area (Å²) in [6.07, 6.45) is 4.75. The van der Waals surface area contributed by atoms with Crippen molar-refractivity contribution in [1.29, 1.82) is 0 Å².